The third-order valence-corrected chi connectivity index (χ3v) is 4.14. The second-order valence-corrected chi connectivity index (χ2v) is 6.04. The van der Waals surface area contributed by atoms with Crippen molar-refractivity contribution in [2.24, 2.45) is 0 Å². The maximum absolute atomic E-state index is 11.8. The maximum Gasteiger partial charge on any atom is 0.338 e. The van der Waals surface area contributed by atoms with Gasteiger partial charge in [-0.3, -0.25) is 0 Å². The Hall–Kier alpha value is -3.13. The molecular weight excluding hydrogens is 320 g/mol. The lowest BCUT2D eigenvalue weighted by Crippen LogP contribution is -2.04. The summed E-state index contributed by atoms with van der Waals surface area (Å²) in [7, 11) is 0. The van der Waals surface area contributed by atoms with Crippen LogP contribution in [-0.4, -0.2) is 12.6 Å². The van der Waals surface area contributed by atoms with Gasteiger partial charge in [-0.1, -0.05) is 78.9 Å². The molecule has 0 saturated heterocycles. The first-order chi connectivity index (χ1) is 12.8. The molecule has 0 heterocycles. The first kappa shape index (κ1) is 17.7. The third-order valence-electron chi connectivity index (χ3n) is 4.14. The summed E-state index contributed by atoms with van der Waals surface area (Å²) in [6, 6.07) is 28.4. The van der Waals surface area contributed by atoms with E-state index in [0.717, 1.165) is 12.0 Å². The molecule has 3 aromatic carbocycles. The molecule has 0 aliphatic carbocycles. The number of benzene rings is 3. The number of carbonyl (C=O) groups excluding carboxylic acids is 1. The van der Waals surface area contributed by atoms with E-state index >= 15 is 0 Å². The Balaban J connectivity index is 1.87. The summed E-state index contributed by atoms with van der Waals surface area (Å²) in [5.74, 6) is -0.276. The van der Waals surface area contributed by atoms with E-state index in [4.69, 9.17) is 4.74 Å². The fraction of sp³-hybridized carbons (Fsp3) is 0.125. The summed E-state index contributed by atoms with van der Waals surface area (Å²) < 4.78 is 5.05. The van der Waals surface area contributed by atoms with Gasteiger partial charge < -0.3 is 4.74 Å². The van der Waals surface area contributed by atoms with E-state index in [1.807, 2.05) is 55.5 Å². The van der Waals surface area contributed by atoms with Gasteiger partial charge in [0.1, 0.15) is 0 Å². The van der Waals surface area contributed by atoms with Crippen molar-refractivity contribution < 1.29 is 9.53 Å². The number of allylic oxidation sites excluding steroid dienone is 1. The number of ether oxygens (including phenoxy) is 1. The Morgan fingerprint density at radius 2 is 1.42 bits per heavy atom. The molecule has 130 valence electrons. The highest BCUT2D eigenvalue weighted by Gasteiger charge is 2.08. The zero-order valence-electron chi connectivity index (χ0n) is 14.9. The molecule has 0 aromatic heterocycles. The predicted octanol–water partition coefficient (Wildman–Crippen LogP) is 5.65. The van der Waals surface area contributed by atoms with Gasteiger partial charge >= 0.3 is 5.97 Å². The van der Waals surface area contributed by atoms with Crippen molar-refractivity contribution in [3.8, 4) is 0 Å². The SMILES string of the molecule is CCOC(=O)c1ccc(CC(=Cc2ccccc2)c2ccccc2)cc1. The van der Waals surface area contributed by atoms with Crippen LogP contribution in [0.25, 0.3) is 11.6 Å². The lowest BCUT2D eigenvalue weighted by atomic mass is 9.95. The van der Waals surface area contributed by atoms with Crippen molar-refractivity contribution in [1.29, 1.82) is 0 Å². The van der Waals surface area contributed by atoms with Gasteiger partial charge in [-0.2, -0.15) is 0 Å². The number of hydrogen-bond donors (Lipinski definition) is 0. The smallest absolute Gasteiger partial charge is 0.338 e. The summed E-state index contributed by atoms with van der Waals surface area (Å²) in [5.41, 5.74) is 5.36. The molecule has 0 unspecified atom stereocenters. The Kier molecular flexibility index (Phi) is 6.00. The summed E-state index contributed by atoms with van der Waals surface area (Å²) in [5, 5.41) is 0. The standard InChI is InChI=1S/C24H22O2/c1-2-26-24(25)22-15-13-20(14-16-22)18-23(21-11-7-4-8-12-21)17-19-9-5-3-6-10-19/h3-17H,2,18H2,1H3. The Bertz CT molecular complexity index is 863. The zero-order chi connectivity index (χ0) is 18.2. The van der Waals surface area contributed by atoms with E-state index in [9.17, 15) is 4.79 Å². The molecule has 0 aliphatic heterocycles. The van der Waals surface area contributed by atoms with Gasteiger partial charge in [-0.05, 0) is 47.7 Å². The first-order valence-corrected chi connectivity index (χ1v) is 8.83. The van der Waals surface area contributed by atoms with Crippen LogP contribution in [0.1, 0.15) is 34.0 Å². The second kappa shape index (κ2) is 8.82. The van der Waals surface area contributed by atoms with Crippen molar-refractivity contribution >= 4 is 17.6 Å². The minimum absolute atomic E-state index is 0.276. The van der Waals surface area contributed by atoms with Crippen molar-refractivity contribution in [3.63, 3.8) is 0 Å². The minimum Gasteiger partial charge on any atom is -0.462 e. The van der Waals surface area contributed by atoms with Crippen molar-refractivity contribution in [2.75, 3.05) is 6.61 Å². The lowest BCUT2D eigenvalue weighted by molar-refractivity contribution is 0.0526. The van der Waals surface area contributed by atoms with Gasteiger partial charge in [0.15, 0.2) is 0 Å². The highest BCUT2D eigenvalue weighted by molar-refractivity contribution is 5.89. The van der Waals surface area contributed by atoms with Gasteiger partial charge in [0.25, 0.3) is 0 Å². The fourth-order valence-electron chi connectivity index (χ4n) is 2.83. The van der Waals surface area contributed by atoms with Crippen molar-refractivity contribution in [3.05, 3.63) is 107 Å². The van der Waals surface area contributed by atoms with E-state index in [-0.39, 0.29) is 5.97 Å². The van der Waals surface area contributed by atoms with Gasteiger partial charge in [-0.15, -0.1) is 0 Å². The number of hydrogen-bond acceptors (Lipinski definition) is 2. The van der Waals surface area contributed by atoms with Crippen LogP contribution < -0.4 is 0 Å². The molecule has 0 atom stereocenters. The highest BCUT2D eigenvalue weighted by atomic mass is 16.5. The molecular formula is C24H22O2. The molecule has 2 heteroatoms. The van der Waals surface area contributed by atoms with Gasteiger partial charge in [0.2, 0.25) is 0 Å². The maximum atomic E-state index is 11.8. The molecule has 0 N–H and O–H groups in total. The molecule has 0 aliphatic rings. The average molecular weight is 342 g/mol. The topological polar surface area (TPSA) is 26.3 Å². The van der Waals surface area contributed by atoms with Crippen molar-refractivity contribution in [1.82, 2.24) is 0 Å². The summed E-state index contributed by atoms with van der Waals surface area (Å²) in [4.78, 5) is 11.8. The summed E-state index contributed by atoms with van der Waals surface area (Å²) in [6.45, 7) is 2.20. The molecule has 0 radical (unpaired) electrons. The number of rotatable bonds is 6. The first-order valence-electron chi connectivity index (χ1n) is 8.83. The van der Waals surface area contributed by atoms with Crippen LogP contribution in [0.3, 0.4) is 0 Å². The van der Waals surface area contributed by atoms with E-state index in [0.29, 0.717) is 12.2 Å². The van der Waals surface area contributed by atoms with Crippen LogP contribution >= 0.6 is 0 Å². The van der Waals surface area contributed by atoms with Gasteiger partial charge in [0.05, 0.1) is 12.2 Å². The Morgan fingerprint density at radius 3 is 2.04 bits per heavy atom. The molecule has 0 fully saturated rings. The monoisotopic (exact) mass is 342 g/mol. The highest BCUT2D eigenvalue weighted by Crippen LogP contribution is 2.23. The lowest BCUT2D eigenvalue weighted by Gasteiger charge is -2.10. The molecule has 0 spiro atoms. The Labute approximate surface area is 154 Å². The largest absolute Gasteiger partial charge is 0.462 e. The van der Waals surface area contributed by atoms with E-state index in [1.54, 1.807) is 0 Å². The second-order valence-electron chi connectivity index (χ2n) is 6.04. The quantitative estimate of drug-likeness (QED) is 0.427. The third kappa shape index (κ3) is 4.70. The van der Waals surface area contributed by atoms with Crippen LogP contribution in [0, 0.1) is 0 Å². The molecule has 26 heavy (non-hydrogen) atoms. The predicted molar refractivity (Wildman–Crippen MR) is 107 cm³/mol. The van der Waals surface area contributed by atoms with Crippen LogP contribution in [0.15, 0.2) is 84.9 Å². The van der Waals surface area contributed by atoms with Crippen molar-refractivity contribution in [2.45, 2.75) is 13.3 Å². The number of carbonyl (C=O) groups is 1. The molecule has 0 amide bonds. The van der Waals surface area contributed by atoms with E-state index < -0.39 is 0 Å². The van der Waals surface area contributed by atoms with Gasteiger partial charge in [-0.25, -0.2) is 4.79 Å². The zero-order valence-corrected chi connectivity index (χ0v) is 14.9. The average Bonchev–Trinajstić information content (AvgIpc) is 2.70. The molecule has 0 bridgehead atoms. The van der Waals surface area contributed by atoms with E-state index in [1.165, 1.54) is 16.7 Å². The van der Waals surface area contributed by atoms with E-state index in [2.05, 4.69) is 42.5 Å². The fourth-order valence-corrected chi connectivity index (χ4v) is 2.83. The molecule has 2 nitrogen and oxygen atoms in total. The molecule has 3 aromatic rings. The summed E-state index contributed by atoms with van der Waals surface area (Å²) >= 11 is 0. The summed E-state index contributed by atoms with van der Waals surface area (Å²) in [6.07, 6.45) is 3.01. The number of esters is 1. The minimum atomic E-state index is -0.276. The van der Waals surface area contributed by atoms with Crippen LogP contribution in [0.2, 0.25) is 0 Å². The molecule has 0 saturated carbocycles. The van der Waals surface area contributed by atoms with Crippen LogP contribution in [0.5, 0.6) is 0 Å². The Morgan fingerprint density at radius 1 is 0.808 bits per heavy atom. The van der Waals surface area contributed by atoms with Gasteiger partial charge in [0, 0.05) is 0 Å². The van der Waals surface area contributed by atoms with Crippen LogP contribution in [0.4, 0.5) is 0 Å². The molecule has 3 rings (SSSR count). The van der Waals surface area contributed by atoms with Crippen LogP contribution in [-0.2, 0) is 11.2 Å². The normalized spacial score (nSPS) is 11.2.